The summed E-state index contributed by atoms with van der Waals surface area (Å²) in [5.74, 6) is 1.05. The fourth-order valence-electron chi connectivity index (χ4n) is 3.98. The van der Waals surface area contributed by atoms with E-state index in [1.165, 1.54) is 0 Å². The van der Waals surface area contributed by atoms with Crippen LogP contribution in [-0.4, -0.2) is 15.0 Å². The molecule has 4 aromatic carbocycles. The lowest BCUT2D eigenvalue weighted by molar-refractivity contribution is 0.670. The van der Waals surface area contributed by atoms with Gasteiger partial charge < -0.3 is 4.42 Å². The average Bonchev–Trinajstić information content (AvgIpc) is 3.23. The quantitative estimate of drug-likeness (QED) is 0.291. The molecular weight excluding hydrogens is 418 g/mol. The molecule has 0 fully saturated rings. The van der Waals surface area contributed by atoms with E-state index in [2.05, 4.69) is 45.3 Å². The summed E-state index contributed by atoms with van der Waals surface area (Å²) in [6.45, 7) is 0. The summed E-state index contributed by atoms with van der Waals surface area (Å²) in [5, 5.41) is 2.28. The summed E-state index contributed by atoms with van der Waals surface area (Å²) < 4.78 is 6.34. The molecule has 6 rings (SSSR count). The molecule has 2 aromatic heterocycles. The van der Waals surface area contributed by atoms with Crippen molar-refractivity contribution in [2.45, 2.75) is 0 Å². The summed E-state index contributed by atoms with van der Waals surface area (Å²) in [5.41, 5.74) is 5.53. The van der Waals surface area contributed by atoms with Gasteiger partial charge >= 0.3 is 0 Å². The molecule has 0 aliphatic rings. The molecule has 32 heavy (non-hydrogen) atoms. The third-order valence-electron chi connectivity index (χ3n) is 5.48. The minimum atomic E-state index is 0.157. The zero-order chi connectivity index (χ0) is 21.5. The Bertz CT molecular complexity index is 1580. The van der Waals surface area contributed by atoms with E-state index < -0.39 is 0 Å². The van der Waals surface area contributed by atoms with Crippen LogP contribution in [0.5, 0.6) is 0 Å². The second-order valence-electron chi connectivity index (χ2n) is 7.48. The van der Waals surface area contributed by atoms with Crippen molar-refractivity contribution >= 4 is 33.5 Å². The SMILES string of the molecule is Clc1nc(-c2ccccc2)nc(-c2ccc3c(c2)oc2c(-c4ccccc4)cccc23)n1. The molecule has 0 bridgehead atoms. The molecule has 0 unspecified atom stereocenters. The minimum absolute atomic E-state index is 0.157. The Labute approximate surface area is 189 Å². The number of benzene rings is 4. The van der Waals surface area contributed by atoms with Gasteiger partial charge in [0.2, 0.25) is 5.28 Å². The Kier molecular flexibility index (Phi) is 4.44. The lowest BCUT2D eigenvalue weighted by Gasteiger charge is -2.04. The van der Waals surface area contributed by atoms with Gasteiger partial charge in [-0.1, -0.05) is 84.9 Å². The molecule has 0 spiro atoms. The van der Waals surface area contributed by atoms with E-state index in [9.17, 15) is 0 Å². The maximum absolute atomic E-state index is 6.34. The summed E-state index contributed by atoms with van der Waals surface area (Å²) in [4.78, 5) is 13.3. The largest absolute Gasteiger partial charge is 0.455 e. The first-order valence-corrected chi connectivity index (χ1v) is 10.6. The lowest BCUT2D eigenvalue weighted by Crippen LogP contribution is -1.97. The highest BCUT2D eigenvalue weighted by Gasteiger charge is 2.15. The van der Waals surface area contributed by atoms with Gasteiger partial charge in [-0.2, -0.15) is 9.97 Å². The normalized spacial score (nSPS) is 11.3. The van der Waals surface area contributed by atoms with Crippen molar-refractivity contribution in [2.75, 3.05) is 0 Å². The zero-order valence-corrected chi connectivity index (χ0v) is 17.6. The third-order valence-corrected chi connectivity index (χ3v) is 5.65. The molecule has 152 valence electrons. The smallest absolute Gasteiger partial charge is 0.226 e. The van der Waals surface area contributed by atoms with Crippen molar-refractivity contribution in [2.24, 2.45) is 0 Å². The van der Waals surface area contributed by atoms with Gasteiger partial charge in [-0.15, -0.1) is 0 Å². The second kappa shape index (κ2) is 7.59. The second-order valence-corrected chi connectivity index (χ2v) is 7.82. The number of para-hydroxylation sites is 1. The van der Waals surface area contributed by atoms with Crippen LogP contribution in [-0.2, 0) is 0 Å². The van der Waals surface area contributed by atoms with Crippen LogP contribution in [0.4, 0.5) is 0 Å². The Hall–Kier alpha value is -4.02. The summed E-state index contributed by atoms with van der Waals surface area (Å²) in [6.07, 6.45) is 0. The van der Waals surface area contributed by atoms with Gasteiger partial charge in [0.15, 0.2) is 11.6 Å². The van der Waals surface area contributed by atoms with Crippen LogP contribution >= 0.6 is 11.6 Å². The summed E-state index contributed by atoms with van der Waals surface area (Å²) in [7, 11) is 0. The first-order chi connectivity index (χ1) is 15.8. The summed E-state index contributed by atoms with van der Waals surface area (Å²) in [6, 6.07) is 32.2. The Morgan fingerprint density at radius 3 is 2.00 bits per heavy atom. The van der Waals surface area contributed by atoms with Crippen LogP contribution in [0.1, 0.15) is 0 Å². The van der Waals surface area contributed by atoms with E-state index in [0.29, 0.717) is 11.6 Å². The fraction of sp³-hybridized carbons (Fsp3) is 0. The zero-order valence-electron chi connectivity index (χ0n) is 16.9. The van der Waals surface area contributed by atoms with Crippen molar-refractivity contribution < 1.29 is 4.42 Å². The number of furan rings is 1. The maximum atomic E-state index is 6.34. The number of rotatable bonds is 3. The van der Waals surface area contributed by atoms with E-state index in [4.69, 9.17) is 16.0 Å². The van der Waals surface area contributed by atoms with Gasteiger partial charge in [-0.3, -0.25) is 0 Å². The van der Waals surface area contributed by atoms with Crippen LogP contribution < -0.4 is 0 Å². The molecular formula is C27H16ClN3O. The number of halogens is 1. The molecule has 4 nitrogen and oxygen atoms in total. The first kappa shape index (κ1) is 18.7. The molecule has 0 saturated carbocycles. The Morgan fingerprint density at radius 2 is 1.25 bits per heavy atom. The monoisotopic (exact) mass is 433 g/mol. The van der Waals surface area contributed by atoms with Crippen LogP contribution in [0.15, 0.2) is 101 Å². The topological polar surface area (TPSA) is 51.8 Å². The fourth-order valence-corrected chi connectivity index (χ4v) is 4.14. The lowest BCUT2D eigenvalue weighted by atomic mass is 10.0. The maximum Gasteiger partial charge on any atom is 0.226 e. The molecule has 0 aliphatic carbocycles. The third kappa shape index (κ3) is 3.22. The first-order valence-electron chi connectivity index (χ1n) is 10.2. The highest BCUT2D eigenvalue weighted by atomic mass is 35.5. The van der Waals surface area contributed by atoms with Crippen LogP contribution in [0.2, 0.25) is 5.28 Å². The van der Waals surface area contributed by atoms with E-state index in [1.807, 2.05) is 66.7 Å². The van der Waals surface area contributed by atoms with Gasteiger partial charge in [0, 0.05) is 27.5 Å². The molecule has 0 amide bonds. The number of aromatic nitrogens is 3. The highest BCUT2D eigenvalue weighted by Crippen LogP contribution is 2.37. The van der Waals surface area contributed by atoms with E-state index >= 15 is 0 Å². The van der Waals surface area contributed by atoms with Crippen molar-refractivity contribution in [3.05, 3.63) is 102 Å². The minimum Gasteiger partial charge on any atom is -0.455 e. The molecule has 5 heteroatoms. The molecule has 6 aromatic rings. The van der Waals surface area contributed by atoms with Gasteiger partial charge in [0.1, 0.15) is 11.2 Å². The molecule has 0 aliphatic heterocycles. The van der Waals surface area contributed by atoms with Crippen molar-refractivity contribution in [3.63, 3.8) is 0 Å². The number of hydrogen-bond donors (Lipinski definition) is 0. The molecule has 0 N–H and O–H groups in total. The van der Waals surface area contributed by atoms with E-state index in [1.54, 1.807) is 0 Å². The average molecular weight is 434 g/mol. The van der Waals surface area contributed by atoms with Gasteiger partial charge in [-0.25, -0.2) is 4.98 Å². The van der Waals surface area contributed by atoms with Crippen LogP contribution in [0, 0.1) is 0 Å². The van der Waals surface area contributed by atoms with Crippen molar-refractivity contribution in [3.8, 4) is 33.9 Å². The van der Waals surface area contributed by atoms with Crippen LogP contribution in [0.25, 0.3) is 55.8 Å². The molecule has 2 heterocycles. The predicted octanol–water partition coefficient (Wildman–Crippen LogP) is 7.43. The molecule has 0 atom stereocenters. The van der Waals surface area contributed by atoms with Crippen molar-refractivity contribution in [1.82, 2.24) is 15.0 Å². The van der Waals surface area contributed by atoms with Gasteiger partial charge in [0.05, 0.1) is 0 Å². The molecule has 0 saturated heterocycles. The Balaban J connectivity index is 1.51. The van der Waals surface area contributed by atoms with Gasteiger partial charge in [-0.05, 0) is 29.3 Å². The number of fused-ring (bicyclic) bond motifs is 3. The standard InChI is InChI=1S/C27H16ClN3O/c28-27-30-25(18-10-5-2-6-11-18)29-26(31-27)19-14-15-21-22-13-7-12-20(17-8-3-1-4-9-17)24(22)32-23(21)16-19/h1-16H. The predicted molar refractivity (Wildman–Crippen MR) is 128 cm³/mol. The Morgan fingerprint density at radius 1 is 0.562 bits per heavy atom. The summed E-state index contributed by atoms with van der Waals surface area (Å²) >= 11 is 6.24. The van der Waals surface area contributed by atoms with E-state index in [0.717, 1.165) is 44.2 Å². The van der Waals surface area contributed by atoms with Crippen LogP contribution in [0.3, 0.4) is 0 Å². The number of hydrogen-bond acceptors (Lipinski definition) is 4. The van der Waals surface area contributed by atoms with Gasteiger partial charge in [0.25, 0.3) is 0 Å². The molecule has 0 radical (unpaired) electrons. The highest BCUT2D eigenvalue weighted by molar-refractivity contribution is 6.28. The van der Waals surface area contributed by atoms with Crippen molar-refractivity contribution in [1.29, 1.82) is 0 Å². The number of nitrogens with zero attached hydrogens (tertiary/aromatic N) is 3. The van der Waals surface area contributed by atoms with E-state index in [-0.39, 0.29) is 5.28 Å².